The van der Waals surface area contributed by atoms with E-state index in [1.54, 1.807) is 18.5 Å². The van der Waals surface area contributed by atoms with Crippen molar-refractivity contribution in [3.8, 4) is 0 Å². The molecule has 0 spiro atoms. The van der Waals surface area contributed by atoms with Gasteiger partial charge in [-0.3, -0.25) is 9.97 Å². The Balaban J connectivity index is 2.11. The predicted molar refractivity (Wildman–Crippen MR) is 88.3 cm³/mol. The first-order chi connectivity index (χ1) is 10.1. The Morgan fingerprint density at radius 1 is 1.05 bits per heavy atom. The van der Waals surface area contributed by atoms with Crippen molar-refractivity contribution in [2.45, 2.75) is 0 Å². The molecule has 0 bridgehead atoms. The highest BCUT2D eigenvalue weighted by atomic mass is 35.5. The lowest BCUT2D eigenvalue weighted by Crippen LogP contribution is -2.11. The van der Waals surface area contributed by atoms with Crippen LogP contribution in [0.1, 0.15) is 0 Å². The van der Waals surface area contributed by atoms with Crippen molar-refractivity contribution >= 4 is 47.4 Å². The van der Waals surface area contributed by atoms with Gasteiger partial charge in [0.05, 0.1) is 11.0 Å². The second-order valence-electron chi connectivity index (χ2n) is 4.63. The summed E-state index contributed by atoms with van der Waals surface area (Å²) in [5, 5.41) is 4.88. The van der Waals surface area contributed by atoms with Crippen LogP contribution in [0.3, 0.4) is 0 Å². The second kappa shape index (κ2) is 5.88. The van der Waals surface area contributed by atoms with Gasteiger partial charge in [0.1, 0.15) is 17.3 Å². The number of nitrogens with zero attached hydrogens (tertiary/aromatic N) is 4. The molecule has 0 aliphatic rings. The average Bonchev–Trinajstić information content (AvgIpc) is 2.46. The van der Waals surface area contributed by atoms with Gasteiger partial charge in [0.15, 0.2) is 0 Å². The van der Waals surface area contributed by atoms with Crippen molar-refractivity contribution in [3.05, 3.63) is 42.1 Å². The van der Waals surface area contributed by atoms with Gasteiger partial charge in [-0.05, 0) is 25.5 Å². The van der Waals surface area contributed by atoms with E-state index in [0.717, 1.165) is 16.7 Å². The van der Waals surface area contributed by atoms with Crippen LogP contribution in [-0.2, 0) is 0 Å². The third kappa shape index (κ3) is 2.94. The van der Waals surface area contributed by atoms with Crippen molar-refractivity contribution in [2.24, 2.45) is 0 Å². The average molecular weight is 318 g/mol. The highest BCUT2D eigenvalue weighted by Crippen LogP contribution is 2.32. The molecule has 2 heterocycles. The van der Waals surface area contributed by atoms with E-state index in [0.29, 0.717) is 11.0 Å². The highest BCUT2D eigenvalue weighted by molar-refractivity contribution is 7.65. The summed E-state index contributed by atoms with van der Waals surface area (Å²) in [5.41, 5.74) is 2.81. The molecule has 0 atom stereocenters. The third-order valence-corrected chi connectivity index (χ3v) is 4.51. The lowest BCUT2D eigenvalue weighted by Gasteiger charge is -2.16. The summed E-state index contributed by atoms with van der Waals surface area (Å²) in [6.07, 6.45) is 4.86. The van der Waals surface area contributed by atoms with Crippen molar-refractivity contribution in [2.75, 3.05) is 18.6 Å². The summed E-state index contributed by atoms with van der Waals surface area (Å²) >= 11 is 5.90. The molecular weight excluding hydrogens is 305 g/mol. The zero-order valence-corrected chi connectivity index (χ0v) is 13.2. The molecule has 0 amide bonds. The summed E-state index contributed by atoms with van der Waals surface area (Å²) in [6.45, 7) is 4.38. The number of nitrogens with one attached hydrogen (secondary N) is 1. The van der Waals surface area contributed by atoms with Crippen LogP contribution in [-0.4, -0.2) is 33.3 Å². The summed E-state index contributed by atoms with van der Waals surface area (Å²) in [6, 6.07) is 5.65. The summed E-state index contributed by atoms with van der Waals surface area (Å²) in [5.74, 6) is 0.663. The number of anilines is 2. The first kappa shape index (κ1) is 14.1. The maximum Gasteiger partial charge on any atom is 0.135 e. The van der Waals surface area contributed by atoms with Crippen LogP contribution in [0, 0.1) is 0 Å². The Morgan fingerprint density at radius 2 is 1.86 bits per heavy atom. The minimum Gasteiger partial charge on any atom is -0.340 e. The van der Waals surface area contributed by atoms with Gasteiger partial charge in [0, 0.05) is 29.5 Å². The van der Waals surface area contributed by atoms with Crippen LogP contribution in [0.25, 0.3) is 11.0 Å². The molecule has 1 N–H and O–H groups in total. The molecule has 21 heavy (non-hydrogen) atoms. The van der Waals surface area contributed by atoms with E-state index in [2.05, 4.69) is 38.6 Å². The minimum atomic E-state index is -0.361. The van der Waals surface area contributed by atoms with Gasteiger partial charge in [-0.15, -0.1) is 0 Å². The molecule has 2 aromatic heterocycles. The van der Waals surface area contributed by atoms with Crippen LogP contribution < -0.4 is 10.6 Å². The summed E-state index contributed by atoms with van der Waals surface area (Å²) < 4.78 is 0. The standard InChI is InChI=1S/C14H13ClN5P/c1-21(2)14-10(20-12-7-11(15)18-8-19-12)4-3-9-13(14)17-6-5-16-9/h3-8H,1-2H3,(H,18,19,20). The van der Waals surface area contributed by atoms with E-state index in [4.69, 9.17) is 11.6 Å². The van der Waals surface area contributed by atoms with Crippen LogP contribution in [0.5, 0.6) is 0 Å². The minimum absolute atomic E-state index is 0.361. The Kier molecular flexibility index (Phi) is 3.95. The number of hydrogen-bond acceptors (Lipinski definition) is 5. The normalized spacial score (nSPS) is 11.0. The number of fused-ring (bicyclic) bond motifs is 1. The quantitative estimate of drug-likeness (QED) is 0.594. The molecule has 0 radical (unpaired) electrons. The SMILES string of the molecule is CP(C)c1c(Nc2cc(Cl)ncn2)ccc2nccnc12. The van der Waals surface area contributed by atoms with Crippen molar-refractivity contribution in [3.63, 3.8) is 0 Å². The number of rotatable bonds is 3. The van der Waals surface area contributed by atoms with Gasteiger partial charge < -0.3 is 5.32 Å². The molecule has 0 fully saturated rings. The largest absolute Gasteiger partial charge is 0.340 e. The van der Waals surface area contributed by atoms with Gasteiger partial charge >= 0.3 is 0 Å². The lowest BCUT2D eigenvalue weighted by atomic mass is 10.2. The number of hydrogen-bond donors (Lipinski definition) is 1. The molecule has 1 aromatic carbocycles. The highest BCUT2D eigenvalue weighted by Gasteiger charge is 2.13. The molecule has 0 unspecified atom stereocenters. The molecule has 0 saturated heterocycles. The van der Waals surface area contributed by atoms with Gasteiger partial charge in [0.2, 0.25) is 0 Å². The lowest BCUT2D eigenvalue weighted by molar-refractivity contribution is 1.17. The fraction of sp³-hybridized carbons (Fsp3) is 0.143. The molecule has 7 heteroatoms. The maximum atomic E-state index is 5.90. The Morgan fingerprint density at radius 3 is 2.62 bits per heavy atom. The van der Waals surface area contributed by atoms with E-state index in [9.17, 15) is 0 Å². The first-order valence-electron chi connectivity index (χ1n) is 6.31. The molecule has 106 valence electrons. The van der Waals surface area contributed by atoms with E-state index < -0.39 is 0 Å². The first-order valence-corrected chi connectivity index (χ1v) is 8.92. The van der Waals surface area contributed by atoms with Gasteiger partial charge in [-0.1, -0.05) is 19.5 Å². The van der Waals surface area contributed by atoms with Crippen LogP contribution in [0.2, 0.25) is 5.15 Å². The van der Waals surface area contributed by atoms with Crippen molar-refractivity contribution < 1.29 is 0 Å². The summed E-state index contributed by atoms with van der Waals surface area (Å²) in [7, 11) is -0.361. The van der Waals surface area contributed by atoms with Crippen LogP contribution in [0.4, 0.5) is 11.5 Å². The van der Waals surface area contributed by atoms with Gasteiger partial charge in [0.25, 0.3) is 0 Å². The fourth-order valence-corrected chi connectivity index (χ4v) is 3.47. The zero-order chi connectivity index (χ0) is 14.8. The number of aromatic nitrogens is 4. The second-order valence-corrected chi connectivity index (χ2v) is 7.25. The van der Waals surface area contributed by atoms with Gasteiger partial charge in [-0.25, -0.2) is 9.97 Å². The molecular formula is C14H13ClN5P. The van der Waals surface area contributed by atoms with E-state index in [1.165, 1.54) is 11.6 Å². The molecule has 0 aliphatic heterocycles. The van der Waals surface area contributed by atoms with Crippen molar-refractivity contribution in [1.29, 1.82) is 0 Å². The smallest absolute Gasteiger partial charge is 0.135 e. The Bertz CT molecular complexity index is 793. The topological polar surface area (TPSA) is 63.6 Å². The zero-order valence-electron chi connectivity index (χ0n) is 11.6. The molecule has 3 rings (SSSR count). The Hall–Kier alpha value is -1.84. The maximum absolute atomic E-state index is 5.90. The molecule has 5 nitrogen and oxygen atoms in total. The van der Waals surface area contributed by atoms with E-state index in [1.807, 2.05) is 12.1 Å². The van der Waals surface area contributed by atoms with Crippen LogP contribution >= 0.6 is 19.5 Å². The molecule has 0 saturated carbocycles. The molecule has 0 aliphatic carbocycles. The summed E-state index contributed by atoms with van der Waals surface area (Å²) in [4.78, 5) is 16.9. The monoisotopic (exact) mass is 317 g/mol. The van der Waals surface area contributed by atoms with Gasteiger partial charge in [-0.2, -0.15) is 0 Å². The van der Waals surface area contributed by atoms with E-state index in [-0.39, 0.29) is 7.92 Å². The number of benzene rings is 1. The fourth-order valence-electron chi connectivity index (χ4n) is 2.12. The third-order valence-electron chi connectivity index (χ3n) is 2.96. The molecule has 3 aromatic rings. The predicted octanol–water partition coefficient (Wildman–Crippen LogP) is 3.18. The van der Waals surface area contributed by atoms with Crippen molar-refractivity contribution in [1.82, 2.24) is 19.9 Å². The van der Waals surface area contributed by atoms with E-state index >= 15 is 0 Å². The Labute approximate surface area is 128 Å². The van der Waals surface area contributed by atoms with Crippen LogP contribution in [0.15, 0.2) is 36.9 Å². The number of halogens is 1.